The first-order valence-electron chi connectivity index (χ1n) is 7.21. The Balaban J connectivity index is 2.15. The van der Waals surface area contributed by atoms with Gasteiger partial charge in [0.2, 0.25) is 0 Å². The Morgan fingerprint density at radius 3 is 2.33 bits per heavy atom. The number of rotatable bonds is 3. The lowest BCUT2D eigenvalue weighted by atomic mass is 10.0. The predicted molar refractivity (Wildman–Crippen MR) is 77.7 cm³/mol. The number of alkyl halides is 3. The molecule has 1 aromatic rings. The SMILES string of the molecule is COC(=O)c1cc(CN2CCN(C(=O)O)CC2)ccc1C(F)(F)F. The largest absolute Gasteiger partial charge is 0.465 e. The molecule has 0 radical (unpaired) electrons. The fourth-order valence-electron chi connectivity index (χ4n) is 2.57. The molecule has 0 aromatic heterocycles. The Bertz CT molecular complexity index is 626. The fraction of sp³-hybridized carbons (Fsp3) is 0.467. The number of hydrogen-bond acceptors (Lipinski definition) is 4. The monoisotopic (exact) mass is 346 g/mol. The van der Waals surface area contributed by atoms with E-state index in [9.17, 15) is 22.8 Å². The molecule has 0 spiro atoms. The molecule has 1 N–H and O–H groups in total. The molecule has 1 aromatic carbocycles. The normalized spacial score (nSPS) is 16.1. The molecule has 1 heterocycles. The minimum absolute atomic E-state index is 0.329. The Labute approximate surface area is 136 Å². The van der Waals surface area contributed by atoms with Gasteiger partial charge in [0.15, 0.2) is 0 Å². The molecule has 2 rings (SSSR count). The van der Waals surface area contributed by atoms with Gasteiger partial charge < -0.3 is 14.7 Å². The number of hydrogen-bond donors (Lipinski definition) is 1. The minimum Gasteiger partial charge on any atom is -0.465 e. The molecular weight excluding hydrogens is 329 g/mol. The highest BCUT2D eigenvalue weighted by Crippen LogP contribution is 2.33. The van der Waals surface area contributed by atoms with E-state index in [0.29, 0.717) is 38.3 Å². The molecule has 132 valence electrons. The first-order valence-corrected chi connectivity index (χ1v) is 7.21. The lowest BCUT2D eigenvalue weighted by Gasteiger charge is -2.33. The summed E-state index contributed by atoms with van der Waals surface area (Å²) in [5, 5.41) is 8.90. The molecule has 24 heavy (non-hydrogen) atoms. The Kier molecular flexibility index (Phi) is 5.33. The lowest BCUT2D eigenvalue weighted by molar-refractivity contribution is -0.138. The number of carboxylic acid groups (broad SMARTS) is 1. The highest BCUT2D eigenvalue weighted by atomic mass is 19.4. The van der Waals surface area contributed by atoms with E-state index in [2.05, 4.69) is 4.74 Å². The molecule has 6 nitrogen and oxygen atoms in total. The summed E-state index contributed by atoms with van der Waals surface area (Å²) in [5.74, 6) is -1.04. The van der Waals surface area contributed by atoms with Gasteiger partial charge in [-0.3, -0.25) is 4.90 Å². The third kappa shape index (κ3) is 4.16. The van der Waals surface area contributed by atoms with Gasteiger partial charge in [-0.05, 0) is 17.7 Å². The van der Waals surface area contributed by atoms with Crippen LogP contribution in [0.4, 0.5) is 18.0 Å². The Morgan fingerprint density at radius 1 is 1.21 bits per heavy atom. The van der Waals surface area contributed by atoms with Crippen molar-refractivity contribution in [3.63, 3.8) is 0 Å². The molecule has 1 aliphatic heterocycles. The molecule has 1 aliphatic rings. The second-order valence-electron chi connectivity index (χ2n) is 5.42. The number of amides is 1. The zero-order chi connectivity index (χ0) is 17.9. The van der Waals surface area contributed by atoms with Crippen LogP contribution >= 0.6 is 0 Å². The number of carbonyl (C=O) groups is 2. The second kappa shape index (κ2) is 7.08. The van der Waals surface area contributed by atoms with Crippen LogP contribution in [0.25, 0.3) is 0 Å². The lowest BCUT2D eigenvalue weighted by Crippen LogP contribution is -2.47. The summed E-state index contributed by atoms with van der Waals surface area (Å²) in [5.41, 5.74) is -1.02. The van der Waals surface area contributed by atoms with E-state index in [1.807, 2.05) is 4.90 Å². The van der Waals surface area contributed by atoms with Crippen LogP contribution in [0.15, 0.2) is 18.2 Å². The summed E-state index contributed by atoms with van der Waals surface area (Å²) in [6, 6.07) is 3.37. The van der Waals surface area contributed by atoms with E-state index >= 15 is 0 Å². The average Bonchev–Trinajstić information content (AvgIpc) is 2.53. The van der Waals surface area contributed by atoms with Crippen molar-refractivity contribution < 1.29 is 32.6 Å². The van der Waals surface area contributed by atoms with E-state index in [0.717, 1.165) is 13.2 Å². The summed E-state index contributed by atoms with van der Waals surface area (Å²) in [4.78, 5) is 25.7. The number of piperazine rings is 1. The van der Waals surface area contributed by atoms with Crippen molar-refractivity contribution in [2.45, 2.75) is 12.7 Å². The summed E-state index contributed by atoms with van der Waals surface area (Å²) in [6.07, 6.45) is -5.63. The van der Waals surface area contributed by atoms with Crippen LogP contribution in [0.2, 0.25) is 0 Å². The van der Waals surface area contributed by atoms with Gasteiger partial charge >= 0.3 is 18.2 Å². The van der Waals surface area contributed by atoms with Crippen molar-refractivity contribution >= 4 is 12.1 Å². The van der Waals surface area contributed by atoms with Gasteiger partial charge in [0, 0.05) is 32.7 Å². The maximum absolute atomic E-state index is 13.0. The van der Waals surface area contributed by atoms with E-state index < -0.39 is 29.4 Å². The maximum Gasteiger partial charge on any atom is 0.417 e. The van der Waals surface area contributed by atoms with E-state index in [1.54, 1.807) is 0 Å². The minimum atomic E-state index is -4.64. The van der Waals surface area contributed by atoms with E-state index in [1.165, 1.54) is 17.0 Å². The van der Waals surface area contributed by atoms with Crippen molar-refractivity contribution in [1.29, 1.82) is 0 Å². The molecule has 0 unspecified atom stereocenters. The van der Waals surface area contributed by atoms with Crippen LogP contribution < -0.4 is 0 Å². The Morgan fingerprint density at radius 2 is 1.83 bits per heavy atom. The van der Waals surface area contributed by atoms with Gasteiger partial charge in [0.1, 0.15) is 0 Å². The number of ether oxygens (including phenoxy) is 1. The summed E-state index contributed by atoms with van der Waals surface area (Å²) in [6.45, 7) is 1.94. The van der Waals surface area contributed by atoms with Crippen molar-refractivity contribution in [2.75, 3.05) is 33.3 Å². The predicted octanol–water partition coefficient (Wildman–Crippen LogP) is 2.29. The topological polar surface area (TPSA) is 70.1 Å². The first kappa shape index (κ1) is 18.1. The number of carbonyl (C=O) groups excluding carboxylic acids is 1. The Hall–Kier alpha value is -2.29. The van der Waals surface area contributed by atoms with Gasteiger partial charge in [-0.2, -0.15) is 13.2 Å². The summed E-state index contributed by atoms with van der Waals surface area (Å²) >= 11 is 0. The molecule has 0 atom stereocenters. The molecule has 1 fully saturated rings. The third-order valence-electron chi connectivity index (χ3n) is 3.84. The van der Waals surface area contributed by atoms with Crippen LogP contribution in [0.3, 0.4) is 0 Å². The zero-order valence-corrected chi connectivity index (χ0v) is 13.0. The van der Waals surface area contributed by atoms with Crippen LogP contribution in [0.1, 0.15) is 21.5 Å². The van der Waals surface area contributed by atoms with Gasteiger partial charge in [-0.15, -0.1) is 0 Å². The van der Waals surface area contributed by atoms with E-state index in [4.69, 9.17) is 5.11 Å². The van der Waals surface area contributed by atoms with Crippen LogP contribution in [-0.4, -0.2) is 60.3 Å². The third-order valence-corrected chi connectivity index (χ3v) is 3.84. The highest BCUT2D eigenvalue weighted by Gasteiger charge is 2.35. The van der Waals surface area contributed by atoms with Crippen LogP contribution in [-0.2, 0) is 17.5 Å². The number of nitrogens with zero attached hydrogens (tertiary/aromatic N) is 2. The van der Waals surface area contributed by atoms with Crippen LogP contribution in [0, 0.1) is 0 Å². The maximum atomic E-state index is 13.0. The van der Waals surface area contributed by atoms with Gasteiger partial charge in [-0.1, -0.05) is 6.07 Å². The quantitative estimate of drug-likeness (QED) is 0.851. The highest BCUT2D eigenvalue weighted by molar-refractivity contribution is 5.91. The summed E-state index contributed by atoms with van der Waals surface area (Å²) < 4.78 is 43.4. The molecule has 9 heteroatoms. The number of methoxy groups -OCH3 is 1. The number of halogens is 3. The van der Waals surface area contributed by atoms with Crippen molar-refractivity contribution in [1.82, 2.24) is 9.80 Å². The molecule has 1 saturated heterocycles. The molecular formula is C15H17F3N2O4. The average molecular weight is 346 g/mol. The van der Waals surface area contributed by atoms with Gasteiger partial charge in [0.05, 0.1) is 18.2 Å². The summed E-state index contributed by atoms with van der Waals surface area (Å²) in [7, 11) is 1.03. The number of esters is 1. The van der Waals surface area contributed by atoms with Crippen LogP contribution in [0.5, 0.6) is 0 Å². The molecule has 0 saturated carbocycles. The first-order chi connectivity index (χ1) is 11.2. The van der Waals surface area contributed by atoms with Gasteiger partial charge in [0.25, 0.3) is 0 Å². The van der Waals surface area contributed by atoms with E-state index in [-0.39, 0.29) is 0 Å². The van der Waals surface area contributed by atoms with Crippen molar-refractivity contribution in [3.8, 4) is 0 Å². The van der Waals surface area contributed by atoms with Crippen molar-refractivity contribution in [3.05, 3.63) is 34.9 Å². The van der Waals surface area contributed by atoms with Crippen molar-refractivity contribution in [2.24, 2.45) is 0 Å². The molecule has 0 bridgehead atoms. The molecule has 0 aliphatic carbocycles. The zero-order valence-electron chi connectivity index (χ0n) is 13.0. The smallest absolute Gasteiger partial charge is 0.417 e. The molecule has 1 amide bonds. The standard InChI is InChI=1S/C15H17F3N2O4/c1-24-13(21)11-8-10(2-3-12(11)15(16,17)18)9-19-4-6-20(7-5-19)14(22)23/h2-3,8H,4-7,9H2,1H3,(H,22,23). The second-order valence-corrected chi connectivity index (χ2v) is 5.42. The number of benzene rings is 1. The fourth-order valence-corrected chi connectivity index (χ4v) is 2.57. The van der Waals surface area contributed by atoms with Gasteiger partial charge in [-0.25, -0.2) is 9.59 Å².